The number of carboxylic acids is 1. The molecule has 2 heterocycles. The molecule has 0 aromatic carbocycles. The zero-order valence-corrected chi connectivity index (χ0v) is 11.2. The van der Waals surface area contributed by atoms with Crippen molar-refractivity contribution in [3.05, 3.63) is 29.2 Å². The van der Waals surface area contributed by atoms with E-state index in [9.17, 15) is 9.59 Å². The van der Waals surface area contributed by atoms with Gasteiger partial charge in [0.2, 0.25) is 0 Å². The van der Waals surface area contributed by atoms with Crippen molar-refractivity contribution < 1.29 is 14.7 Å². The van der Waals surface area contributed by atoms with Gasteiger partial charge < -0.3 is 10.4 Å². The van der Waals surface area contributed by atoms with Gasteiger partial charge in [-0.05, 0) is 32.8 Å². The van der Waals surface area contributed by atoms with Crippen LogP contribution in [0.2, 0.25) is 0 Å². The summed E-state index contributed by atoms with van der Waals surface area (Å²) in [4.78, 5) is 27.6. The normalized spacial score (nSPS) is 16.1. The molecule has 0 unspecified atom stereocenters. The monoisotopic (exact) mass is 274 g/mol. The third-order valence-electron chi connectivity index (χ3n) is 3.53. The molecule has 3 rings (SSSR count). The van der Waals surface area contributed by atoms with E-state index in [0.29, 0.717) is 24.1 Å². The molecule has 7 heteroatoms. The Morgan fingerprint density at radius 1 is 1.40 bits per heavy atom. The zero-order valence-electron chi connectivity index (χ0n) is 11.2. The maximum absolute atomic E-state index is 12.2. The molecule has 2 aromatic rings. The number of rotatable bonds is 3. The van der Waals surface area contributed by atoms with E-state index in [1.165, 1.54) is 6.20 Å². The van der Waals surface area contributed by atoms with Gasteiger partial charge in [0.1, 0.15) is 11.1 Å². The molecule has 1 saturated carbocycles. The van der Waals surface area contributed by atoms with Gasteiger partial charge in [-0.3, -0.25) is 4.79 Å². The molecule has 1 aliphatic carbocycles. The molecule has 20 heavy (non-hydrogen) atoms. The van der Waals surface area contributed by atoms with Gasteiger partial charge in [0.25, 0.3) is 5.91 Å². The van der Waals surface area contributed by atoms with Crippen LogP contribution in [-0.4, -0.2) is 37.1 Å². The van der Waals surface area contributed by atoms with Crippen molar-refractivity contribution in [2.24, 2.45) is 0 Å². The van der Waals surface area contributed by atoms with E-state index in [4.69, 9.17) is 5.11 Å². The Morgan fingerprint density at radius 3 is 2.70 bits per heavy atom. The Hall–Kier alpha value is -2.44. The van der Waals surface area contributed by atoms with Crippen LogP contribution in [-0.2, 0) is 4.79 Å². The number of nitrogens with one attached hydrogen (secondary N) is 1. The van der Waals surface area contributed by atoms with Crippen molar-refractivity contribution >= 4 is 17.5 Å². The lowest BCUT2D eigenvalue weighted by Gasteiger charge is -2.11. The number of aryl methyl sites for hydroxylation is 2. The number of aromatic nitrogens is 3. The third-order valence-corrected chi connectivity index (χ3v) is 3.53. The number of hydrogen-bond donors (Lipinski definition) is 2. The van der Waals surface area contributed by atoms with Gasteiger partial charge in [-0.2, -0.15) is 5.10 Å². The smallest absolute Gasteiger partial charge is 0.329 e. The topological polar surface area (TPSA) is 96.6 Å². The first-order valence-electron chi connectivity index (χ1n) is 6.31. The second kappa shape index (κ2) is 4.03. The van der Waals surface area contributed by atoms with Crippen LogP contribution < -0.4 is 5.32 Å². The van der Waals surface area contributed by atoms with Gasteiger partial charge in [0, 0.05) is 11.4 Å². The van der Waals surface area contributed by atoms with Gasteiger partial charge in [0.15, 0.2) is 5.65 Å². The van der Waals surface area contributed by atoms with Gasteiger partial charge in [-0.25, -0.2) is 14.3 Å². The molecule has 2 N–H and O–H groups in total. The molecule has 0 radical (unpaired) electrons. The lowest BCUT2D eigenvalue weighted by atomic mass is 10.2. The Balaban J connectivity index is 1.98. The van der Waals surface area contributed by atoms with Crippen LogP contribution in [0.25, 0.3) is 5.65 Å². The standard InChI is InChI=1S/C13H14N4O3/c1-7-5-8(2)17-10(15-7)9(6-14-17)11(18)16-13(3-4-13)12(19)20/h5-6H,3-4H2,1-2H3,(H,16,18)(H,19,20). The third kappa shape index (κ3) is 1.82. The highest BCUT2D eigenvalue weighted by atomic mass is 16.4. The highest BCUT2D eigenvalue weighted by molar-refractivity contribution is 6.02. The fourth-order valence-electron chi connectivity index (χ4n) is 2.23. The molecule has 0 spiro atoms. The Morgan fingerprint density at radius 2 is 2.10 bits per heavy atom. The van der Waals surface area contributed by atoms with Crippen LogP contribution in [0.3, 0.4) is 0 Å². The van der Waals surface area contributed by atoms with Crippen LogP contribution in [0.1, 0.15) is 34.6 Å². The van der Waals surface area contributed by atoms with Crippen molar-refractivity contribution in [2.75, 3.05) is 0 Å². The number of carbonyl (C=O) groups excluding carboxylic acids is 1. The number of fused-ring (bicyclic) bond motifs is 1. The minimum Gasteiger partial charge on any atom is -0.480 e. The van der Waals surface area contributed by atoms with Gasteiger partial charge in [0.05, 0.1) is 6.20 Å². The van der Waals surface area contributed by atoms with Crippen molar-refractivity contribution in [3.8, 4) is 0 Å². The largest absolute Gasteiger partial charge is 0.480 e. The molecular formula is C13H14N4O3. The minimum absolute atomic E-state index is 0.296. The van der Waals surface area contributed by atoms with E-state index in [0.717, 1.165) is 11.4 Å². The average molecular weight is 274 g/mol. The van der Waals surface area contributed by atoms with Crippen LogP contribution in [0.5, 0.6) is 0 Å². The summed E-state index contributed by atoms with van der Waals surface area (Å²) < 4.78 is 1.57. The fourth-order valence-corrected chi connectivity index (χ4v) is 2.23. The molecule has 104 valence electrons. The zero-order chi connectivity index (χ0) is 14.5. The highest BCUT2D eigenvalue weighted by Gasteiger charge is 2.51. The molecule has 0 aliphatic heterocycles. The van der Waals surface area contributed by atoms with E-state index < -0.39 is 17.4 Å². The van der Waals surface area contributed by atoms with E-state index >= 15 is 0 Å². The number of hydrogen-bond acceptors (Lipinski definition) is 4. The summed E-state index contributed by atoms with van der Waals surface area (Å²) in [5, 5.41) is 15.8. The second-order valence-corrected chi connectivity index (χ2v) is 5.17. The van der Waals surface area contributed by atoms with E-state index in [1.54, 1.807) is 4.52 Å². The summed E-state index contributed by atoms with van der Waals surface area (Å²) in [6, 6.07) is 1.86. The average Bonchev–Trinajstić information content (AvgIpc) is 3.01. The van der Waals surface area contributed by atoms with Crippen LogP contribution in [0, 0.1) is 13.8 Å². The Kier molecular flexibility index (Phi) is 2.53. The number of carboxylic acid groups (broad SMARTS) is 1. The molecule has 0 bridgehead atoms. The van der Waals surface area contributed by atoms with E-state index in [1.807, 2.05) is 19.9 Å². The predicted molar refractivity (Wildman–Crippen MR) is 69.5 cm³/mol. The SMILES string of the molecule is Cc1cc(C)n2ncc(C(=O)NC3(C(=O)O)CC3)c2n1. The summed E-state index contributed by atoms with van der Waals surface area (Å²) in [6.45, 7) is 3.71. The summed E-state index contributed by atoms with van der Waals surface area (Å²) in [5.41, 5.74) is 1.28. The first-order chi connectivity index (χ1) is 9.43. The molecule has 0 saturated heterocycles. The lowest BCUT2D eigenvalue weighted by Crippen LogP contribution is -2.43. The molecule has 7 nitrogen and oxygen atoms in total. The minimum atomic E-state index is -1.11. The van der Waals surface area contributed by atoms with Crippen molar-refractivity contribution in [1.82, 2.24) is 19.9 Å². The van der Waals surface area contributed by atoms with E-state index in [-0.39, 0.29) is 0 Å². The van der Waals surface area contributed by atoms with E-state index in [2.05, 4.69) is 15.4 Å². The van der Waals surface area contributed by atoms with Crippen LogP contribution >= 0.6 is 0 Å². The maximum atomic E-state index is 12.2. The number of nitrogens with zero attached hydrogens (tertiary/aromatic N) is 3. The molecule has 1 amide bonds. The number of aliphatic carboxylic acids is 1. The lowest BCUT2D eigenvalue weighted by molar-refractivity contribution is -0.140. The molecule has 2 aromatic heterocycles. The first-order valence-corrected chi connectivity index (χ1v) is 6.31. The number of amides is 1. The summed E-state index contributed by atoms with van der Waals surface area (Å²) >= 11 is 0. The van der Waals surface area contributed by atoms with Crippen molar-refractivity contribution in [2.45, 2.75) is 32.2 Å². The molecular weight excluding hydrogens is 260 g/mol. The quantitative estimate of drug-likeness (QED) is 0.858. The summed E-state index contributed by atoms with van der Waals surface area (Å²) in [7, 11) is 0. The van der Waals surface area contributed by atoms with Crippen molar-refractivity contribution in [3.63, 3.8) is 0 Å². The van der Waals surface area contributed by atoms with Crippen LogP contribution in [0.15, 0.2) is 12.3 Å². The molecule has 0 atom stereocenters. The Bertz CT molecular complexity index is 731. The predicted octanol–water partition coefficient (Wildman–Crippen LogP) is 0.693. The Labute approximate surface area is 114 Å². The fraction of sp³-hybridized carbons (Fsp3) is 0.385. The first kappa shape index (κ1) is 12.6. The van der Waals surface area contributed by atoms with Gasteiger partial charge in [-0.15, -0.1) is 0 Å². The molecule has 1 aliphatic rings. The van der Waals surface area contributed by atoms with Crippen LogP contribution in [0.4, 0.5) is 0 Å². The summed E-state index contributed by atoms with van der Waals surface area (Å²) in [6.07, 6.45) is 2.33. The van der Waals surface area contributed by atoms with Gasteiger partial charge >= 0.3 is 5.97 Å². The highest BCUT2D eigenvalue weighted by Crippen LogP contribution is 2.35. The maximum Gasteiger partial charge on any atom is 0.329 e. The summed E-state index contributed by atoms with van der Waals surface area (Å²) in [5.74, 6) is -1.44. The second-order valence-electron chi connectivity index (χ2n) is 5.17. The molecule has 1 fully saturated rings. The number of carbonyl (C=O) groups is 2. The van der Waals surface area contributed by atoms with Crippen molar-refractivity contribution in [1.29, 1.82) is 0 Å². The van der Waals surface area contributed by atoms with Gasteiger partial charge in [-0.1, -0.05) is 0 Å².